The zero-order valence-electron chi connectivity index (χ0n) is 14.2. The zero-order chi connectivity index (χ0) is 19.3. The van der Waals surface area contributed by atoms with Gasteiger partial charge < -0.3 is 9.84 Å². The van der Waals surface area contributed by atoms with Crippen LogP contribution in [0.5, 0.6) is 0 Å². The summed E-state index contributed by atoms with van der Waals surface area (Å²) in [7, 11) is 0. The summed E-state index contributed by atoms with van der Waals surface area (Å²) in [5, 5.41) is 9.66. The number of nitrogens with zero attached hydrogens (tertiary/aromatic N) is 1. The first kappa shape index (κ1) is 18.9. The van der Waals surface area contributed by atoms with Gasteiger partial charge in [0, 0.05) is 28.9 Å². The summed E-state index contributed by atoms with van der Waals surface area (Å²) < 4.78 is 35.2. The van der Waals surface area contributed by atoms with Crippen molar-refractivity contribution in [1.82, 2.24) is 4.98 Å². The van der Waals surface area contributed by atoms with E-state index in [1.807, 2.05) is 0 Å². The van der Waals surface area contributed by atoms with Crippen LogP contribution in [0, 0.1) is 23.2 Å². The fourth-order valence-electron chi connectivity index (χ4n) is 4.13. The Bertz CT molecular complexity index is 767. The van der Waals surface area contributed by atoms with Gasteiger partial charge in [-0.2, -0.15) is 0 Å². The monoisotopic (exact) mass is 429 g/mol. The van der Waals surface area contributed by atoms with Gasteiger partial charge in [0.25, 0.3) is 5.92 Å². The van der Waals surface area contributed by atoms with E-state index in [4.69, 9.17) is 4.74 Å². The number of carbonyl (C=O) groups is 2. The molecule has 2 fully saturated rings. The van der Waals surface area contributed by atoms with E-state index >= 15 is 0 Å². The highest BCUT2D eigenvalue weighted by Gasteiger charge is 2.71. The van der Waals surface area contributed by atoms with Gasteiger partial charge in [0.15, 0.2) is 5.41 Å². The molecule has 2 heterocycles. The number of hydrogen-bond acceptors (Lipinski definition) is 4. The lowest BCUT2D eigenvalue weighted by Crippen LogP contribution is -2.57. The largest absolute Gasteiger partial charge is 0.480 e. The third-order valence-electron chi connectivity index (χ3n) is 5.53. The molecule has 0 aromatic carbocycles. The molecule has 1 N–H and O–H groups in total. The molecule has 0 radical (unpaired) electrons. The molecular formula is C18H18BrF2NO4. The minimum atomic E-state index is -3.31. The third kappa shape index (κ3) is 2.84. The van der Waals surface area contributed by atoms with Crippen molar-refractivity contribution in [1.29, 1.82) is 0 Å². The van der Waals surface area contributed by atoms with Crippen molar-refractivity contribution in [3.05, 3.63) is 34.6 Å². The maximum absolute atomic E-state index is 14.6. The number of hydrogen-bond donors (Lipinski definition) is 1. The highest BCUT2D eigenvalue weighted by Crippen LogP contribution is 2.59. The molecule has 140 valence electrons. The minimum absolute atomic E-state index is 0.549. The molecule has 1 aromatic heterocycles. The second-order valence-corrected chi connectivity index (χ2v) is 7.89. The van der Waals surface area contributed by atoms with E-state index in [0.717, 1.165) is 4.47 Å². The molecule has 0 spiro atoms. The SMILES string of the molecule is C[C@H]1OC(=O)[C@]2(C(=O)O)CC(F)(F)[C@@H](C)[C@H](C=Cc3ccc(Br)cn3)[C@H]12. The van der Waals surface area contributed by atoms with Crippen LogP contribution in [-0.2, 0) is 14.3 Å². The fraction of sp³-hybridized carbons (Fsp3) is 0.500. The number of alkyl halides is 2. The molecule has 0 bridgehead atoms. The topological polar surface area (TPSA) is 76.5 Å². The Morgan fingerprint density at radius 3 is 2.69 bits per heavy atom. The Labute approximate surface area is 157 Å². The first-order valence-corrected chi connectivity index (χ1v) is 9.01. The van der Waals surface area contributed by atoms with Crippen molar-refractivity contribution < 1.29 is 28.2 Å². The summed E-state index contributed by atoms with van der Waals surface area (Å²) >= 11 is 3.27. The number of ether oxygens (including phenoxy) is 1. The summed E-state index contributed by atoms with van der Waals surface area (Å²) in [4.78, 5) is 28.3. The standard InChI is InChI=1S/C18H18BrF2NO4/c1-9-13(6-5-12-4-3-11(19)7-22-12)14-10(2)26-16(25)17(14,15(23)24)8-18(9,20)21/h3-7,9-10,13-14H,8H2,1-2H3,(H,23,24)/t9-,10+,13-,14-,17+/m0/s1. The van der Waals surface area contributed by atoms with E-state index in [-0.39, 0.29) is 0 Å². The van der Waals surface area contributed by atoms with E-state index in [1.165, 1.54) is 13.0 Å². The van der Waals surface area contributed by atoms with Crippen LogP contribution >= 0.6 is 15.9 Å². The Balaban J connectivity index is 2.05. The molecule has 1 saturated heterocycles. The van der Waals surface area contributed by atoms with Crippen LogP contribution in [0.1, 0.15) is 26.0 Å². The van der Waals surface area contributed by atoms with Gasteiger partial charge in [-0.05, 0) is 47.0 Å². The van der Waals surface area contributed by atoms with Gasteiger partial charge in [0.05, 0.1) is 5.69 Å². The molecular weight excluding hydrogens is 412 g/mol. The van der Waals surface area contributed by atoms with Crippen LogP contribution in [0.2, 0.25) is 0 Å². The summed E-state index contributed by atoms with van der Waals surface area (Å²) in [6.07, 6.45) is 2.90. The Morgan fingerprint density at radius 2 is 2.12 bits per heavy atom. The summed E-state index contributed by atoms with van der Waals surface area (Å²) in [5.41, 5.74) is -1.68. The second kappa shape index (κ2) is 6.40. The van der Waals surface area contributed by atoms with E-state index in [0.29, 0.717) is 5.69 Å². The molecule has 5 atom stereocenters. The molecule has 3 rings (SSSR count). The maximum Gasteiger partial charge on any atom is 0.324 e. The van der Waals surface area contributed by atoms with Crippen LogP contribution < -0.4 is 0 Å². The average Bonchev–Trinajstić information content (AvgIpc) is 2.80. The number of esters is 1. The van der Waals surface area contributed by atoms with Crippen molar-refractivity contribution in [3.63, 3.8) is 0 Å². The van der Waals surface area contributed by atoms with Gasteiger partial charge in [0.2, 0.25) is 0 Å². The number of carboxylic acids is 1. The van der Waals surface area contributed by atoms with Gasteiger partial charge in [-0.1, -0.05) is 13.0 Å². The number of carboxylic acid groups (broad SMARTS) is 1. The lowest BCUT2D eigenvalue weighted by Gasteiger charge is -2.45. The van der Waals surface area contributed by atoms with Gasteiger partial charge in [-0.15, -0.1) is 0 Å². The molecule has 5 nitrogen and oxygen atoms in total. The lowest BCUT2D eigenvalue weighted by molar-refractivity contribution is -0.188. The molecule has 1 aromatic rings. The number of carbonyl (C=O) groups excluding carboxylic acids is 1. The van der Waals surface area contributed by atoms with Crippen molar-refractivity contribution in [2.45, 2.75) is 32.3 Å². The van der Waals surface area contributed by atoms with E-state index in [1.54, 1.807) is 31.3 Å². The van der Waals surface area contributed by atoms with Crippen molar-refractivity contribution in [3.8, 4) is 0 Å². The molecule has 0 amide bonds. The maximum atomic E-state index is 14.6. The molecule has 1 aliphatic carbocycles. The van der Waals surface area contributed by atoms with E-state index in [2.05, 4.69) is 20.9 Å². The van der Waals surface area contributed by atoms with E-state index < -0.39 is 53.6 Å². The lowest BCUT2D eigenvalue weighted by atomic mass is 9.56. The summed E-state index contributed by atoms with van der Waals surface area (Å²) in [6.45, 7) is 2.94. The molecule has 1 saturated carbocycles. The van der Waals surface area contributed by atoms with Crippen LogP contribution in [0.25, 0.3) is 6.08 Å². The predicted octanol–water partition coefficient (Wildman–Crippen LogP) is 3.78. The van der Waals surface area contributed by atoms with Gasteiger partial charge in [0.1, 0.15) is 6.10 Å². The van der Waals surface area contributed by atoms with Crippen molar-refractivity contribution in [2.24, 2.45) is 23.2 Å². The predicted molar refractivity (Wildman–Crippen MR) is 92.3 cm³/mol. The van der Waals surface area contributed by atoms with Crippen LogP contribution in [0.15, 0.2) is 28.9 Å². The Kier molecular flexibility index (Phi) is 4.67. The highest BCUT2D eigenvalue weighted by atomic mass is 79.9. The minimum Gasteiger partial charge on any atom is -0.480 e. The van der Waals surface area contributed by atoms with Crippen molar-refractivity contribution in [2.75, 3.05) is 0 Å². The fourth-order valence-corrected chi connectivity index (χ4v) is 4.36. The number of aromatic nitrogens is 1. The number of rotatable bonds is 3. The molecule has 0 unspecified atom stereocenters. The number of aliphatic carboxylic acids is 1. The summed E-state index contributed by atoms with van der Waals surface area (Å²) in [6, 6.07) is 3.47. The quantitative estimate of drug-likeness (QED) is 0.584. The van der Waals surface area contributed by atoms with Crippen LogP contribution in [0.4, 0.5) is 8.78 Å². The third-order valence-corrected chi connectivity index (χ3v) is 5.99. The van der Waals surface area contributed by atoms with Crippen LogP contribution in [-0.4, -0.2) is 34.1 Å². The molecule has 1 aliphatic heterocycles. The van der Waals surface area contributed by atoms with Crippen molar-refractivity contribution >= 4 is 33.9 Å². The van der Waals surface area contributed by atoms with Gasteiger partial charge in [-0.25, -0.2) is 8.78 Å². The van der Waals surface area contributed by atoms with Crippen LogP contribution in [0.3, 0.4) is 0 Å². The molecule has 8 heteroatoms. The normalized spacial score (nSPS) is 36.0. The number of halogens is 3. The number of cyclic esters (lactones) is 1. The second-order valence-electron chi connectivity index (χ2n) is 6.98. The Hall–Kier alpha value is -1.83. The molecule has 26 heavy (non-hydrogen) atoms. The first-order valence-electron chi connectivity index (χ1n) is 8.21. The Morgan fingerprint density at radius 1 is 1.42 bits per heavy atom. The highest BCUT2D eigenvalue weighted by molar-refractivity contribution is 9.10. The van der Waals surface area contributed by atoms with E-state index in [9.17, 15) is 23.5 Å². The average molecular weight is 430 g/mol. The molecule has 2 aliphatic rings. The van der Waals surface area contributed by atoms with Gasteiger partial charge in [-0.3, -0.25) is 14.6 Å². The number of pyridine rings is 1. The smallest absolute Gasteiger partial charge is 0.324 e. The number of allylic oxidation sites excluding steroid dienone is 1. The summed E-state index contributed by atoms with van der Waals surface area (Å²) in [5.74, 6) is -8.78. The van der Waals surface area contributed by atoms with Gasteiger partial charge >= 0.3 is 11.9 Å². The first-order chi connectivity index (χ1) is 12.1. The zero-order valence-corrected chi connectivity index (χ0v) is 15.7. The number of fused-ring (bicyclic) bond motifs is 1.